The molecule has 0 radical (unpaired) electrons. The van der Waals surface area contributed by atoms with Crippen LogP contribution in [0.1, 0.15) is 25.3 Å². The van der Waals surface area contributed by atoms with Gasteiger partial charge in [-0.2, -0.15) is 0 Å². The molecule has 114 valence electrons. The van der Waals surface area contributed by atoms with Crippen LogP contribution >= 0.6 is 0 Å². The van der Waals surface area contributed by atoms with Crippen molar-refractivity contribution in [3.63, 3.8) is 0 Å². The number of piperidine rings is 1. The van der Waals surface area contributed by atoms with Crippen LogP contribution in [-0.2, 0) is 21.2 Å². The second kappa shape index (κ2) is 5.40. The van der Waals surface area contributed by atoms with Gasteiger partial charge < -0.3 is 10.6 Å². The van der Waals surface area contributed by atoms with Gasteiger partial charge in [0.15, 0.2) is 0 Å². The normalized spacial score (nSPS) is 25.5. The van der Waals surface area contributed by atoms with Crippen LogP contribution < -0.4 is 15.4 Å². The molecule has 1 saturated heterocycles. The van der Waals surface area contributed by atoms with E-state index in [2.05, 4.69) is 15.4 Å². The summed E-state index contributed by atoms with van der Waals surface area (Å²) in [4.78, 5) is 11.6. The van der Waals surface area contributed by atoms with Gasteiger partial charge in [-0.25, -0.2) is 13.1 Å². The Morgan fingerprint density at radius 3 is 2.90 bits per heavy atom. The summed E-state index contributed by atoms with van der Waals surface area (Å²) < 4.78 is 27.7. The topological polar surface area (TPSA) is 87.3 Å². The van der Waals surface area contributed by atoms with Crippen molar-refractivity contribution in [2.75, 3.05) is 11.9 Å². The molecular weight excluding hydrogens is 290 g/mol. The number of nitrogens with one attached hydrogen (secondary N) is 3. The van der Waals surface area contributed by atoms with Gasteiger partial charge in [0.1, 0.15) is 0 Å². The van der Waals surface area contributed by atoms with Crippen LogP contribution in [0.4, 0.5) is 5.69 Å². The summed E-state index contributed by atoms with van der Waals surface area (Å²) in [5, 5.41) is 6.00. The minimum atomic E-state index is -3.54. The lowest BCUT2D eigenvalue weighted by Crippen LogP contribution is -2.46. The van der Waals surface area contributed by atoms with E-state index in [4.69, 9.17) is 0 Å². The molecule has 21 heavy (non-hydrogen) atoms. The summed E-state index contributed by atoms with van der Waals surface area (Å²) in [6, 6.07) is 5.05. The van der Waals surface area contributed by atoms with Crippen molar-refractivity contribution in [3.8, 4) is 0 Å². The van der Waals surface area contributed by atoms with E-state index < -0.39 is 10.0 Å². The molecule has 0 aliphatic carbocycles. The predicted molar refractivity (Wildman–Crippen MR) is 79.6 cm³/mol. The van der Waals surface area contributed by atoms with E-state index >= 15 is 0 Å². The van der Waals surface area contributed by atoms with Gasteiger partial charge in [0.05, 0.1) is 11.3 Å². The van der Waals surface area contributed by atoms with Gasteiger partial charge in [-0.05, 0) is 50.1 Å². The van der Waals surface area contributed by atoms with E-state index in [0.717, 1.165) is 24.9 Å². The molecule has 1 aromatic rings. The average Bonchev–Trinajstić information content (AvgIpc) is 2.77. The third kappa shape index (κ3) is 3.09. The molecule has 0 bridgehead atoms. The zero-order chi connectivity index (χ0) is 15.0. The average molecular weight is 309 g/mol. The molecule has 1 amide bonds. The largest absolute Gasteiger partial charge is 0.326 e. The molecule has 1 aromatic carbocycles. The summed E-state index contributed by atoms with van der Waals surface area (Å²) in [6.45, 7) is 2.87. The standard InChI is InChI=1S/C14H19N3O3S/c1-9-6-11(4-5-15-9)17-21(19,20)12-2-3-13-10(7-12)8-14(18)16-13/h2-3,7,9,11,15,17H,4-6,8H2,1H3,(H,16,18). The molecule has 0 spiro atoms. The Bertz CT molecular complexity index is 672. The summed E-state index contributed by atoms with van der Waals surface area (Å²) in [6.07, 6.45) is 1.81. The lowest BCUT2D eigenvalue weighted by Gasteiger charge is -2.28. The number of carbonyl (C=O) groups is 1. The Hall–Kier alpha value is -1.44. The summed E-state index contributed by atoms with van der Waals surface area (Å²) in [5.74, 6) is -0.0975. The zero-order valence-electron chi connectivity index (χ0n) is 11.8. The zero-order valence-corrected chi connectivity index (χ0v) is 12.7. The second-order valence-corrected chi connectivity index (χ2v) is 7.46. The summed E-state index contributed by atoms with van der Waals surface area (Å²) >= 11 is 0. The molecule has 2 atom stereocenters. The van der Waals surface area contributed by atoms with Gasteiger partial charge in [-0.15, -0.1) is 0 Å². The molecule has 3 N–H and O–H groups in total. The third-order valence-electron chi connectivity index (χ3n) is 3.96. The van der Waals surface area contributed by atoms with E-state index in [-0.39, 0.29) is 23.3 Å². The Labute approximate surface area is 124 Å². The number of hydrogen-bond acceptors (Lipinski definition) is 4. The fraction of sp³-hybridized carbons (Fsp3) is 0.500. The molecule has 7 heteroatoms. The minimum absolute atomic E-state index is 0.0424. The van der Waals surface area contributed by atoms with E-state index in [9.17, 15) is 13.2 Å². The fourth-order valence-corrected chi connectivity index (χ4v) is 4.23. The predicted octanol–water partition coefficient (Wildman–Crippen LogP) is 0.600. The highest BCUT2D eigenvalue weighted by atomic mass is 32.2. The third-order valence-corrected chi connectivity index (χ3v) is 5.48. The van der Waals surface area contributed by atoms with Crippen LogP contribution in [0.3, 0.4) is 0 Å². The molecule has 0 saturated carbocycles. The highest BCUT2D eigenvalue weighted by Gasteiger charge is 2.26. The van der Waals surface area contributed by atoms with Crippen LogP contribution in [0.5, 0.6) is 0 Å². The van der Waals surface area contributed by atoms with E-state index in [0.29, 0.717) is 11.7 Å². The molecule has 6 nitrogen and oxygen atoms in total. The van der Waals surface area contributed by atoms with E-state index in [1.54, 1.807) is 12.1 Å². The van der Waals surface area contributed by atoms with E-state index in [1.807, 2.05) is 6.92 Å². The maximum atomic E-state index is 12.5. The Morgan fingerprint density at radius 1 is 1.33 bits per heavy atom. The number of hydrogen-bond donors (Lipinski definition) is 3. The van der Waals surface area contributed by atoms with Crippen LogP contribution in [0.25, 0.3) is 0 Å². The molecule has 1 fully saturated rings. The monoisotopic (exact) mass is 309 g/mol. The number of fused-ring (bicyclic) bond motifs is 1. The maximum Gasteiger partial charge on any atom is 0.240 e. The second-order valence-electron chi connectivity index (χ2n) is 5.74. The molecule has 2 aliphatic rings. The van der Waals surface area contributed by atoms with Gasteiger partial charge in [0, 0.05) is 17.8 Å². The van der Waals surface area contributed by atoms with Crippen molar-refractivity contribution in [1.82, 2.24) is 10.0 Å². The Balaban J connectivity index is 1.79. The molecule has 3 rings (SSSR count). The summed E-state index contributed by atoms with van der Waals surface area (Å²) in [7, 11) is -3.54. The molecule has 2 heterocycles. The molecular formula is C14H19N3O3S. The van der Waals surface area contributed by atoms with Gasteiger partial charge in [-0.1, -0.05) is 0 Å². The van der Waals surface area contributed by atoms with Crippen molar-refractivity contribution in [1.29, 1.82) is 0 Å². The van der Waals surface area contributed by atoms with Crippen molar-refractivity contribution >= 4 is 21.6 Å². The number of carbonyl (C=O) groups excluding carboxylic acids is 1. The highest BCUT2D eigenvalue weighted by molar-refractivity contribution is 7.89. The van der Waals surface area contributed by atoms with Crippen LogP contribution in [0.2, 0.25) is 0 Å². The molecule has 2 aliphatic heterocycles. The number of sulfonamides is 1. The lowest BCUT2D eigenvalue weighted by atomic mass is 10.0. The smallest absolute Gasteiger partial charge is 0.240 e. The lowest BCUT2D eigenvalue weighted by molar-refractivity contribution is -0.115. The molecule has 0 aromatic heterocycles. The van der Waals surface area contributed by atoms with E-state index in [1.165, 1.54) is 6.07 Å². The maximum absolute atomic E-state index is 12.5. The summed E-state index contributed by atoms with van der Waals surface area (Å²) in [5.41, 5.74) is 1.44. The number of benzene rings is 1. The quantitative estimate of drug-likeness (QED) is 0.763. The number of rotatable bonds is 3. The fourth-order valence-electron chi connectivity index (χ4n) is 2.90. The Kier molecular flexibility index (Phi) is 3.73. The first-order valence-electron chi connectivity index (χ1n) is 7.12. The first-order chi connectivity index (χ1) is 9.94. The highest BCUT2D eigenvalue weighted by Crippen LogP contribution is 2.26. The van der Waals surface area contributed by atoms with Crippen molar-refractivity contribution in [2.24, 2.45) is 0 Å². The van der Waals surface area contributed by atoms with Gasteiger partial charge in [0.25, 0.3) is 0 Å². The Morgan fingerprint density at radius 2 is 2.14 bits per heavy atom. The van der Waals surface area contributed by atoms with Crippen LogP contribution in [0, 0.1) is 0 Å². The van der Waals surface area contributed by atoms with Crippen molar-refractivity contribution < 1.29 is 13.2 Å². The van der Waals surface area contributed by atoms with Gasteiger partial charge >= 0.3 is 0 Å². The first kappa shape index (κ1) is 14.5. The SMILES string of the molecule is CC1CC(NS(=O)(=O)c2ccc3c(c2)CC(=O)N3)CCN1. The number of anilines is 1. The minimum Gasteiger partial charge on any atom is -0.326 e. The van der Waals surface area contributed by atoms with Gasteiger partial charge in [-0.3, -0.25) is 4.79 Å². The van der Waals surface area contributed by atoms with Crippen LogP contribution in [-0.4, -0.2) is 33.0 Å². The van der Waals surface area contributed by atoms with Gasteiger partial charge in [0.2, 0.25) is 15.9 Å². The number of amides is 1. The van der Waals surface area contributed by atoms with Crippen molar-refractivity contribution in [2.45, 2.75) is 43.2 Å². The van der Waals surface area contributed by atoms with Crippen molar-refractivity contribution in [3.05, 3.63) is 23.8 Å². The molecule has 2 unspecified atom stereocenters. The van der Waals surface area contributed by atoms with Crippen LogP contribution in [0.15, 0.2) is 23.1 Å². The first-order valence-corrected chi connectivity index (χ1v) is 8.61.